The van der Waals surface area contributed by atoms with Gasteiger partial charge in [0, 0.05) is 0 Å². The van der Waals surface area contributed by atoms with E-state index in [0.29, 0.717) is 0 Å². The topological polar surface area (TPSA) is 0 Å². The zero-order valence-corrected chi connectivity index (χ0v) is 12.3. The molecule has 0 aliphatic carbocycles. The standard InChI is InChI=1S/C14H12Se2/c15-8-7-14(16)10-11-5-6-12-3-1-2-4-13(12)9-11/h1-6,8-9H,7,10H2. The molecule has 0 aliphatic heterocycles. The van der Waals surface area contributed by atoms with Gasteiger partial charge in [0.15, 0.2) is 0 Å². The van der Waals surface area contributed by atoms with Crippen molar-refractivity contribution in [2.45, 2.75) is 12.8 Å². The van der Waals surface area contributed by atoms with Gasteiger partial charge >= 0.3 is 112 Å². The number of hydrogen-bond acceptors (Lipinski definition) is 0. The molecule has 16 heavy (non-hydrogen) atoms. The van der Waals surface area contributed by atoms with Crippen molar-refractivity contribution < 1.29 is 0 Å². The molecule has 0 saturated heterocycles. The van der Waals surface area contributed by atoms with Crippen LogP contribution in [0.15, 0.2) is 42.5 Å². The molecule has 2 aromatic carbocycles. The Hall–Kier alpha value is -0.521. The van der Waals surface area contributed by atoms with Gasteiger partial charge in [0.05, 0.1) is 0 Å². The molecule has 2 aromatic rings. The fraction of sp³-hybridized carbons (Fsp3) is 0.143. The fourth-order valence-corrected chi connectivity index (χ4v) is 3.22. The Morgan fingerprint density at radius 2 is 1.81 bits per heavy atom. The first-order valence-electron chi connectivity index (χ1n) is 5.22. The average Bonchev–Trinajstić information content (AvgIpc) is 2.29. The van der Waals surface area contributed by atoms with Gasteiger partial charge in [0.1, 0.15) is 0 Å². The summed E-state index contributed by atoms with van der Waals surface area (Å²) in [5.74, 6) is 0. The molecule has 0 saturated carbocycles. The normalized spacial score (nSPS) is 10.2. The molecule has 0 unspecified atom stereocenters. The van der Waals surface area contributed by atoms with E-state index in [9.17, 15) is 0 Å². The minimum absolute atomic E-state index is 1.01. The van der Waals surface area contributed by atoms with E-state index in [-0.39, 0.29) is 0 Å². The van der Waals surface area contributed by atoms with E-state index >= 15 is 0 Å². The maximum atomic E-state index is 3.14. The van der Waals surface area contributed by atoms with Crippen LogP contribution in [-0.4, -0.2) is 40.5 Å². The molecule has 0 atom stereocenters. The van der Waals surface area contributed by atoms with Crippen LogP contribution in [0.2, 0.25) is 0 Å². The Kier molecular flexibility index (Phi) is 4.26. The van der Waals surface area contributed by atoms with Crippen LogP contribution in [0.5, 0.6) is 0 Å². The van der Waals surface area contributed by atoms with Crippen LogP contribution in [-0.2, 0) is 6.42 Å². The van der Waals surface area contributed by atoms with E-state index < -0.39 is 0 Å². The molecule has 0 radical (unpaired) electrons. The van der Waals surface area contributed by atoms with Gasteiger partial charge in [-0.2, -0.15) is 0 Å². The van der Waals surface area contributed by atoms with Gasteiger partial charge in [-0.3, -0.25) is 0 Å². The van der Waals surface area contributed by atoms with E-state index in [1.54, 1.807) is 0 Å². The van der Waals surface area contributed by atoms with Gasteiger partial charge in [-0.05, 0) is 0 Å². The number of hydrogen-bond donors (Lipinski definition) is 0. The van der Waals surface area contributed by atoms with Gasteiger partial charge in [0.2, 0.25) is 0 Å². The second-order valence-corrected chi connectivity index (χ2v) is 5.68. The summed E-state index contributed by atoms with van der Waals surface area (Å²) >= 11 is 6.06. The van der Waals surface area contributed by atoms with Crippen molar-refractivity contribution in [3.8, 4) is 0 Å². The molecule has 2 rings (SSSR count). The van der Waals surface area contributed by atoms with Crippen LogP contribution in [0.4, 0.5) is 0 Å². The summed E-state index contributed by atoms with van der Waals surface area (Å²) in [6.45, 7) is 0. The van der Waals surface area contributed by atoms with Crippen molar-refractivity contribution in [1.29, 1.82) is 0 Å². The van der Waals surface area contributed by atoms with Gasteiger partial charge in [-0.1, -0.05) is 0 Å². The van der Waals surface area contributed by atoms with Gasteiger partial charge in [0.25, 0.3) is 0 Å². The second kappa shape index (κ2) is 5.70. The third-order valence-electron chi connectivity index (χ3n) is 2.53. The molecule has 0 aromatic heterocycles. The zero-order valence-electron chi connectivity index (χ0n) is 8.85. The number of rotatable bonds is 4. The van der Waals surface area contributed by atoms with Crippen molar-refractivity contribution >= 4 is 51.3 Å². The molecule has 0 bridgehead atoms. The summed E-state index contributed by atoms with van der Waals surface area (Å²) in [7, 11) is 0. The van der Waals surface area contributed by atoms with Crippen molar-refractivity contribution in [3.63, 3.8) is 0 Å². The first-order valence-corrected chi connectivity index (χ1v) is 7.07. The molecule has 0 amide bonds. The van der Waals surface area contributed by atoms with Crippen molar-refractivity contribution in [1.82, 2.24) is 0 Å². The molecular weight excluding hydrogens is 326 g/mol. The molecule has 80 valence electrons. The van der Waals surface area contributed by atoms with Crippen LogP contribution in [0.25, 0.3) is 10.8 Å². The van der Waals surface area contributed by atoms with E-state index in [0.717, 1.165) is 12.8 Å². The predicted molar refractivity (Wildman–Crippen MR) is 74.8 cm³/mol. The van der Waals surface area contributed by atoms with Gasteiger partial charge in [-0.25, -0.2) is 0 Å². The monoisotopic (exact) mass is 340 g/mol. The fourth-order valence-electron chi connectivity index (χ4n) is 1.74. The summed E-state index contributed by atoms with van der Waals surface area (Å²) in [6, 6.07) is 15.2. The number of benzene rings is 2. The van der Waals surface area contributed by atoms with E-state index in [2.05, 4.69) is 78.5 Å². The van der Waals surface area contributed by atoms with Crippen molar-refractivity contribution in [3.05, 3.63) is 48.0 Å². The third kappa shape index (κ3) is 2.99. The Morgan fingerprint density at radius 3 is 2.56 bits per heavy atom. The van der Waals surface area contributed by atoms with E-state index in [1.807, 2.05) is 0 Å². The van der Waals surface area contributed by atoms with Gasteiger partial charge < -0.3 is 0 Å². The summed E-state index contributed by atoms with van der Waals surface area (Å²) in [5, 5.41) is 2.63. The molecular formula is C14H12Se2. The predicted octanol–water partition coefficient (Wildman–Crippen LogP) is 2.08. The third-order valence-corrected chi connectivity index (χ3v) is 3.53. The summed E-state index contributed by atoms with van der Waals surface area (Å²) in [5.41, 5.74) is 1.37. The van der Waals surface area contributed by atoms with Crippen molar-refractivity contribution in [2.75, 3.05) is 0 Å². The van der Waals surface area contributed by atoms with Crippen LogP contribution in [0, 0.1) is 0 Å². The summed E-state index contributed by atoms with van der Waals surface area (Å²) < 4.78 is 1.37. The summed E-state index contributed by atoms with van der Waals surface area (Å²) in [6.07, 6.45) is 2.02. The number of fused-ring (bicyclic) bond motifs is 1. The van der Waals surface area contributed by atoms with Crippen molar-refractivity contribution in [2.24, 2.45) is 0 Å². The Morgan fingerprint density at radius 1 is 1.06 bits per heavy atom. The van der Waals surface area contributed by atoms with Crippen LogP contribution < -0.4 is 0 Å². The quantitative estimate of drug-likeness (QED) is 0.749. The van der Waals surface area contributed by atoms with E-state index in [4.69, 9.17) is 0 Å². The first kappa shape index (κ1) is 11.9. The molecule has 0 heterocycles. The molecule has 0 nitrogen and oxygen atoms in total. The minimum atomic E-state index is 1.01. The maximum absolute atomic E-state index is 3.14. The Labute approximate surface area is 112 Å². The van der Waals surface area contributed by atoms with Gasteiger partial charge in [-0.15, -0.1) is 0 Å². The molecule has 0 spiro atoms. The van der Waals surface area contributed by atoms with Crippen LogP contribution >= 0.6 is 0 Å². The second-order valence-electron chi connectivity index (χ2n) is 3.77. The first-order chi connectivity index (χ1) is 7.79. The van der Waals surface area contributed by atoms with Crippen LogP contribution in [0.1, 0.15) is 12.0 Å². The van der Waals surface area contributed by atoms with Crippen LogP contribution in [0.3, 0.4) is 0 Å². The molecule has 0 fully saturated rings. The Bertz CT molecular complexity index is 529. The van der Waals surface area contributed by atoms with E-state index in [1.165, 1.54) is 20.8 Å². The zero-order chi connectivity index (χ0) is 11.4. The Balaban J connectivity index is 2.25. The molecule has 0 N–H and O–H groups in total. The average molecular weight is 338 g/mol. The summed E-state index contributed by atoms with van der Waals surface area (Å²) in [4.78, 5) is 2.06. The molecule has 0 aliphatic rings. The SMILES string of the molecule is [Se]=CCC(=[Se])Cc1ccc2ccccc2c1. The molecule has 2 heteroatoms.